The number of nitrogens with one attached hydrogen (secondary N) is 2. The number of anilines is 1. The van der Waals surface area contributed by atoms with E-state index in [2.05, 4.69) is 10.6 Å². The van der Waals surface area contributed by atoms with Crippen molar-refractivity contribution in [2.75, 3.05) is 11.9 Å². The number of hydrogen-bond donors (Lipinski definition) is 3. The smallest absolute Gasteiger partial charge is 0.326 e. The molecule has 0 aliphatic carbocycles. The lowest BCUT2D eigenvalue weighted by Crippen LogP contribution is -2.43. The van der Waals surface area contributed by atoms with Gasteiger partial charge in [-0.25, -0.2) is 4.79 Å². The van der Waals surface area contributed by atoms with Crippen LogP contribution in [0.25, 0.3) is 0 Å². The van der Waals surface area contributed by atoms with Crippen molar-refractivity contribution < 1.29 is 28.6 Å². The van der Waals surface area contributed by atoms with E-state index in [1.54, 1.807) is 30.3 Å². The summed E-state index contributed by atoms with van der Waals surface area (Å²) in [5.41, 5.74) is 0.470. The molecule has 8 nitrogen and oxygen atoms in total. The van der Waals surface area contributed by atoms with E-state index in [1.165, 1.54) is 12.3 Å². The number of hydrogen-bond acceptors (Lipinski definition) is 5. The maximum atomic E-state index is 12.0. The van der Waals surface area contributed by atoms with Crippen LogP contribution in [0.5, 0.6) is 5.75 Å². The third kappa shape index (κ3) is 6.50. The Hall–Kier alpha value is -3.29. The summed E-state index contributed by atoms with van der Waals surface area (Å²) >= 11 is 0. The molecule has 0 fully saturated rings. The van der Waals surface area contributed by atoms with Crippen LogP contribution < -0.4 is 15.4 Å². The van der Waals surface area contributed by atoms with E-state index in [1.807, 2.05) is 13.8 Å². The zero-order valence-corrected chi connectivity index (χ0v) is 15.1. The van der Waals surface area contributed by atoms with Crippen molar-refractivity contribution in [1.29, 1.82) is 0 Å². The molecule has 0 saturated carbocycles. The molecule has 1 unspecified atom stereocenters. The number of carbonyl (C=O) groups excluding carboxylic acids is 2. The molecule has 8 heteroatoms. The molecular weight excluding hydrogens is 352 g/mol. The van der Waals surface area contributed by atoms with Gasteiger partial charge in [0.25, 0.3) is 11.8 Å². The highest BCUT2D eigenvalue weighted by molar-refractivity contribution is 6.02. The van der Waals surface area contributed by atoms with Crippen LogP contribution in [0.3, 0.4) is 0 Å². The summed E-state index contributed by atoms with van der Waals surface area (Å²) in [5.74, 6) is -1.37. The van der Waals surface area contributed by atoms with Gasteiger partial charge in [0.15, 0.2) is 12.4 Å². The molecule has 1 atom stereocenters. The van der Waals surface area contributed by atoms with E-state index in [0.717, 1.165) is 0 Å². The van der Waals surface area contributed by atoms with Crippen LogP contribution >= 0.6 is 0 Å². The number of carboxylic acids is 1. The molecule has 0 radical (unpaired) electrons. The first-order valence-corrected chi connectivity index (χ1v) is 8.45. The first-order chi connectivity index (χ1) is 12.8. The Morgan fingerprint density at radius 1 is 1.19 bits per heavy atom. The van der Waals surface area contributed by atoms with Crippen LogP contribution in [0.2, 0.25) is 0 Å². The molecule has 0 aliphatic heterocycles. The quantitative estimate of drug-likeness (QED) is 0.621. The number of amides is 2. The van der Waals surface area contributed by atoms with Gasteiger partial charge in [-0.2, -0.15) is 0 Å². The number of rotatable bonds is 9. The van der Waals surface area contributed by atoms with Gasteiger partial charge in [0.2, 0.25) is 0 Å². The minimum atomic E-state index is -1.08. The van der Waals surface area contributed by atoms with Crippen molar-refractivity contribution in [2.24, 2.45) is 5.92 Å². The lowest BCUT2D eigenvalue weighted by atomic mass is 10.0. The van der Waals surface area contributed by atoms with Gasteiger partial charge in [-0.1, -0.05) is 19.9 Å². The van der Waals surface area contributed by atoms with Gasteiger partial charge in [-0.15, -0.1) is 0 Å². The zero-order chi connectivity index (χ0) is 19.8. The van der Waals surface area contributed by atoms with Crippen LogP contribution in [0.1, 0.15) is 30.8 Å². The van der Waals surface area contributed by atoms with E-state index in [4.69, 9.17) is 14.3 Å². The maximum Gasteiger partial charge on any atom is 0.326 e. The number of carboxylic acid groups (broad SMARTS) is 1. The fraction of sp³-hybridized carbons (Fsp3) is 0.316. The molecule has 0 saturated heterocycles. The molecule has 0 aliphatic rings. The van der Waals surface area contributed by atoms with Crippen LogP contribution in [-0.4, -0.2) is 35.5 Å². The van der Waals surface area contributed by atoms with E-state index in [0.29, 0.717) is 17.9 Å². The highest BCUT2D eigenvalue weighted by Gasteiger charge is 2.21. The molecule has 1 aromatic carbocycles. The van der Waals surface area contributed by atoms with Crippen molar-refractivity contribution >= 4 is 23.5 Å². The van der Waals surface area contributed by atoms with Crippen molar-refractivity contribution in [3.63, 3.8) is 0 Å². The van der Waals surface area contributed by atoms with Crippen LogP contribution in [0.15, 0.2) is 47.1 Å². The summed E-state index contributed by atoms with van der Waals surface area (Å²) in [6.45, 7) is 3.42. The fourth-order valence-corrected chi connectivity index (χ4v) is 2.34. The van der Waals surface area contributed by atoms with E-state index in [9.17, 15) is 14.4 Å². The third-order valence-corrected chi connectivity index (χ3v) is 3.55. The Kier molecular flexibility index (Phi) is 6.99. The summed E-state index contributed by atoms with van der Waals surface area (Å²) in [7, 11) is 0. The molecule has 2 aromatic rings. The van der Waals surface area contributed by atoms with E-state index >= 15 is 0 Å². The predicted octanol–water partition coefficient (Wildman–Crippen LogP) is 2.53. The van der Waals surface area contributed by atoms with Gasteiger partial charge < -0.3 is 24.9 Å². The average molecular weight is 374 g/mol. The molecule has 2 amide bonds. The van der Waals surface area contributed by atoms with Crippen molar-refractivity contribution in [3.8, 4) is 5.75 Å². The van der Waals surface area contributed by atoms with Crippen molar-refractivity contribution in [2.45, 2.75) is 26.3 Å². The first kappa shape index (κ1) is 20.0. The molecular formula is C19H22N2O6. The monoisotopic (exact) mass is 374 g/mol. The highest BCUT2D eigenvalue weighted by Crippen LogP contribution is 2.18. The second kappa shape index (κ2) is 9.42. The Morgan fingerprint density at radius 2 is 1.96 bits per heavy atom. The number of benzene rings is 1. The Balaban J connectivity index is 1.89. The first-order valence-electron chi connectivity index (χ1n) is 8.45. The van der Waals surface area contributed by atoms with Crippen LogP contribution in [0.4, 0.5) is 5.69 Å². The minimum absolute atomic E-state index is 0.127. The second-order valence-corrected chi connectivity index (χ2v) is 6.34. The van der Waals surface area contributed by atoms with Gasteiger partial charge in [0.1, 0.15) is 11.8 Å². The topological polar surface area (TPSA) is 118 Å². The predicted molar refractivity (Wildman–Crippen MR) is 97.6 cm³/mol. The lowest BCUT2D eigenvalue weighted by Gasteiger charge is -2.16. The van der Waals surface area contributed by atoms with Gasteiger partial charge >= 0.3 is 5.97 Å². The third-order valence-electron chi connectivity index (χ3n) is 3.55. The largest absolute Gasteiger partial charge is 0.484 e. The molecule has 2 rings (SSSR count). The minimum Gasteiger partial charge on any atom is -0.484 e. The standard InChI is InChI=1S/C19H22N2O6/c1-12(2)9-15(19(24)25)21-17(22)11-27-14-6-3-5-13(10-14)20-18(23)16-7-4-8-26-16/h3-8,10,12,15H,9,11H2,1-2H3,(H,20,23)(H,21,22)(H,24,25). The highest BCUT2D eigenvalue weighted by atomic mass is 16.5. The Bertz CT molecular complexity index is 785. The van der Waals surface area contributed by atoms with Gasteiger partial charge in [0, 0.05) is 11.8 Å². The lowest BCUT2D eigenvalue weighted by molar-refractivity contribution is -0.142. The van der Waals surface area contributed by atoms with Gasteiger partial charge in [-0.05, 0) is 36.6 Å². The molecule has 0 bridgehead atoms. The van der Waals surface area contributed by atoms with Crippen molar-refractivity contribution in [3.05, 3.63) is 48.4 Å². The SMILES string of the molecule is CC(C)CC(NC(=O)COc1cccc(NC(=O)c2ccco2)c1)C(=O)O. The Labute approximate surface area is 156 Å². The molecule has 0 spiro atoms. The van der Waals surface area contributed by atoms with Gasteiger partial charge in [0.05, 0.1) is 6.26 Å². The fourth-order valence-electron chi connectivity index (χ4n) is 2.34. The van der Waals surface area contributed by atoms with Gasteiger partial charge in [-0.3, -0.25) is 9.59 Å². The van der Waals surface area contributed by atoms with Crippen LogP contribution in [0, 0.1) is 5.92 Å². The number of aliphatic carboxylic acids is 1. The normalized spacial score (nSPS) is 11.7. The second-order valence-electron chi connectivity index (χ2n) is 6.34. The summed E-state index contributed by atoms with van der Waals surface area (Å²) in [6.07, 6.45) is 1.73. The summed E-state index contributed by atoms with van der Waals surface area (Å²) in [4.78, 5) is 35.1. The summed E-state index contributed by atoms with van der Waals surface area (Å²) < 4.78 is 10.4. The molecule has 1 heterocycles. The maximum absolute atomic E-state index is 12.0. The van der Waals surface area contributed by atoms with Crippen molar-refractivity contribution in [1.82, 2.24) is 5.32 Å². The molecule has 27 heavy (non-hydrogen) atoms. The summed E-state index contributed by atoms with van der Waals surface area (Å²) in [6, 6.07) is 8.68. The zero-order valence-electron chi connectivity index (χ0n) is 15.1. The molecule has 1 aromatic heterocycles. The average Bonchev–Trinajstić information content (AvgIpc) is 3.14. The number of carbonyl (C=O) groups is 3. The Morgan fingerprint density at radius 3 is 2.59 bits per heavy atom. The number of furan rings is 1. The molecule has 3 N–H and O–H groups in total. The van der Waals surface area contributed by atoms with E-state index in [-0.39, 0.29) is 18.3 Å². The van der Waals surface area contributed by atoms with Crippen LogP contribution in [-0.2, 0) is 9.59 Å². The number of ether oxygens (including phenoxy) is 1. The molecule has 144 valence electrons. The van der Waals surface area contributed by atoms with E-state index < -0.39 is 23.8 Å². The summed E-state index contributed by atoms with van der Waals surface area (Å²) in [5, 5.41) is 14.2.